The topological polar surface area (TPSA) is 64.6 Å². The molecule has 30 heavy (non-hydrogen) atoms. The molecule has 3 rings (SSSR count). The second kappa shape index (κ2) is 9.21. The fourth-order valence-corrected chi connectivity index (χ4v) is 5.04. The Bertz CT molecular complexity index is 939. The van der Waals surface area contributed by atoms with Gasteiger partial charge in [-0.25, -0.2) is 4.79 Å². The average Bonchev–Trinajstić information content (AvgIpc) is 3.03. The Morgan fingerprint density at radius 2 is 1.90 bits per heavy atom. The molecule has 1 aromatic heterocycles. The lowest BCUT2D eigenvalue weighted by Gasteiger charge is -2.23. The van der Waals surface area contributed by atoms with Crippen LogP contribution < -0.4 is 10.1 Å². The van der Waals surface area contributed by atoms with Gasteiger partial charge in [0.25, 0.3) is 5.91 Å². The van der Waals surface area contributed by atoms with Crippen LogP contribution in [0.15, 0.2) is 18.2 Å². The number of fused-ring (bicyclic) bond motifs is 1. The minimum Gasteiger partial charge on any atom is -0.483 e. The third kappa shape index (κ3) is 5.04. The van der Waals surface area contributed by atoms with Crippen LogP contribution in [0, 0.1) is 6.92 Å². The summed E-state index contributed by atoms with van der Waals surface area (Å²) in [5.41, 5.74) is 3.60. The molecule has 0 radical (unpaired) electrons. The summed E-state index contributed by atoms with van der Waals surface area (Å²) < 4.78 is 11.2. The summed E-state index contributed by atoms with van der Waals surface area (Å²) in [6, 6.07) is 6.06. The van der Waals surface area contributed by atoms with E-state index < -0.39 is 0 Å². The van der Waals surface area contributed by atoms with Crippen molar-refractivity contribution in [1.82, 2.24) is 0 Å². The first-order chi connectivity index (χ1) is 14.2. The number of amides is 1. The number of hydrogen-bond acceptors (Lipinski definition) is 5. The number of aryl methyl sites for hydroxylation is 2. The Morgan fingerprint density at radius 1 is 1.17 bits per heavy atom. The van der Waals surface area contributed by atoms with Gasteiger partial charge in [-0.1, -0.05) is 32.9 Å². The Labute approximate surface area is 182 Å². The molecule has 6 heteroatoms. The number of hydrogen-bond donors (Lipinski definition) is 1. The first kappa shape index (κ1) is 22.3. The van der Waals surface area contributed by atoms with Crippen LogP contribution in [0.2, 0.25) is 0 Å². The smallest absolute Gasteiger partial charge is 0.341 e. The van der Waals surface area contributed by atoms with Gasteiger partial charge in [0.2, 0.25) is 0 Å². The number of carbonyl (C=O) groups is 2. The molecule has 5 nitrogen and oxygen atoms in total. The molecule has 0 spiro atoms. The van der Waals surface area contributed by atoms with Gasteiger partial charge in [0.05, 0.1) is 12.2 Å². The van der Waals surface area contributed by atoms with Crippen molar-refractivity contribution in [2.45, 2.75) is 65.7 Å². The Morgan fingerprint density at radius 3 is 2.60 bits per heavy atom. The summed E-state index contributed by atoms with van der Waals surface area (Å²) in [4.78, 5) is 26.4. The summed E-state index contributed by atoms with van der Waals surface area (Å²) >= 11 is 1.49. The zero-order chi connectivity index (χ0) is 21.9. The van der Waals surface area contributed by atoms with Gasteiger partial charge in [-0.2, -0.15) is 0 Å². The third-order valence-electron chi connectivity index (χ3n) is 5.21. The van der Waals surface area contributed by atoms with Crippen molar-refractivity contribution >= 4 is 28.2 Å². The first-order valence-electron chi connectivity index (χ1n) is 10.6. The molecule has 0 saturated carbocycles. The highest BCUT2D eigenvalue weighted by molar-refractivity contribution is 7.17. The van der Waals surface area contributed by atoms with E-state index in [0.29, 0.717) is 22.9 Å². The number of benzene rings is 1. The van der Waals surface area contributed by atoms with Crippen LogP contribution in [0.1, 0.15) is 72.5 Å². The number of carbonyl (C=O) groups excluding carboxylic acids is 2. The van der Waals surface area contributed by atoms with E-state index in [4.69, 9.17) is 9.47 Å². The van der Waals surface area contributed by atoms with E-state index in [-0.39, 0.29) is 23.9 Å². The summed E-state index contributed by atoms with van der Waals surface area (Å²) in [6.45, 7) is 10.3. The average molecular weight is 430 g/mol. The summed E-state index contributed by atoms with van der Waals surface area (Å²) in [5, 5.41) is 3.48. The first-order valence-corrected chi connectivity index (χ1v) is 11.4. The molecule has 0 unspecified atom stereocenters. The molecule has 1 aliphatic rings. The van der Waals surface area contributed by atoms with E-state index in [9.17, 15) is 9.59 Å². The van der Waals surface area contributed by atoms with Crippen LogP contribution in [0.25, 0.3) is 0 Å². The third-order valence-corrected chi connectivity index (χ3v) is 6.41. The van der Waals surface area contributed by atoms with Crippen molar-refractivity contribution in [2.75, 3.05) is 18.5 Å². The molecule has 1 N–H and O–H groups in total. The molecule has 1 amide bonds. The quantitative estimate of drug-likeness (QED) is 0.622. The zero-order valence-electron chi connectivity index (χ0n) is 18.5. The highest BCUT2D eigenvalue weighted by Crippen LogP contribution is 2.38. The van der Waals surface area contributed by atoms with E-state index in [1.807, 2.05) is 13.0 Å². The maximum atomic E-state index is 12.7. The highest BCUT2D eigenvalue weighted by atomic mass is 32.1. The van der Waals surface area contributed by atoms with Crippen molar-refractivity contribution in [3.63, 3.8) is 0 Å². The summed E-state index contributed by atoms with van der Waals surface area (Å²) in [5.74, 6) is 0.0797. The molecule has 0 saturated heterocycles. The van der Waals surface area contributed by atoms with Crippen LogP contribution in [0.4, 0.5) is 5.00 Å². The second-order valence-corrected chi connectivity index (χ2v) is 9.83. The standard InChI is InChI=1S/C24H31NO4S/c1-6-28-23(27)21-16-9-7-8-10-19(16)30-22(21)25-20(26)14-29-18-13-15(2)11-12-17(18)24(3,4)5/h11-13H,6-10,14H2,1-5H3,(H,25,26). The van der Waals surface area contributed by atoms with Crippen LogP contribution in [0.3, 0.4) is 0 Å². The van der Waals surface area contributed by atoms with Gasteiger partial charge in [-0.3, -0.25) is 4.79 Å². The van der Waals surface area contributed by atoms with E-state index in [1.54, 1.807) is 6.92 Å². The SMILES string of the molecule is CCOC(=O)c1c(NC(=O)COc2cc(C)ccc2C(C)(C)C)sc2c1CCCC2. The minimum absolute atomic E-state index is 0.0939. The second-order valence-electron chi connectivity index (χ2n) is 8.72. The Kier molecular flexibility index (Phi) is 6.86. The molecule has 1 aliphatic carbocycles. The monoisotopic (exact) mass is 429 g/mol. The molecule has 0 aliphatic heterocycles. The molecular formula is C24H31NO4S. The van der Waals surface area contributed by atoms with Crippen molar-refractivity contribution in [1.29, 1.82) is 0 Å². The maximum absolute atomic E-state index is 12.7. The van der Waals surface area contributed by atoms with Gasteiger partial charge >= 0.3 is 5.97 Å². The molecule has 2 aromatic rings. The molecule has 1 aromatic carbocycles. The van der Waals surface area contributed by atoms with E-state index in [1.165, 1.54) is 16.2 Å². The van der Waals surface area contributed by atoms with E-state index in [0.717, 1.165) is 42.4 Å². The van der Waals surface area contributed by atoms with Crippen LogP contribution in [0.5, 0.6) is 5.75 Å². The number of ether oxygens (including phenoxy) is 2. The van der Waals surface area contributed by atoms with Gasteiger partial charge in [0.15, 0.2) is 6.61 Å². The highest BCUT2D eigenvalue weighted by Gasteiger charge is 2.27. The predicted molar refractivity (Wildman–Crippen MR) is 121 cm³/mol. The molecule has 0 atom stereocenters. The number of rotatable bonds is 6. The molecule has 1 heterocycles. The number of esters is 1. The normalized spacial score (nSPS) is 13.5. The Hall–Kier alpha value is -2.34. The van der Waals surface area contributed by atoms with E-state index in [2.05, 4.69) is 38.2 Å². The maximum Gasteiger partial charge on any atom is 0.341 e. The molecule has 0 bridgehead atoms. The molecular weight excluding hydrogens is 398 g/mol. The lowest BCUT2D eigenvalue weighted by Crippen LogP contribution is -2.23. The van der Waals surface area contributed by atoms with Crippen molar-refractivity contribution in [2.24, 2.45) is 0 Å². The summed E-state index contributed by atoms with van der Waals surface area (Å²) in [6.07, 6.45) is 3.95. The van der Waals surface area contributed by atoms with Crippen molar-refractivity contribution < 1.29 is 19.1 Å². The number of anilines is 1. The van der Waals surface area contributed by atoms with E-state index >= 15 is 0 Å². The zero-order valence-corrected chi connectivity index (χ0v) is 19.3. The lowest BCUT2D eigenvalue weighted by atomic mass is 9.86. The van der Waals surface area contributed by atoms with Gasteiger partial charge in [-0.05, 0) is 67.7 Å². The lowest BCUT2D eigenvalue weighted by molar-refractivity contribution is -0.118. The number of thiophene rings is 1. The van der Waals surface area contributed by atoms with Crippen LogP contribution in [-0.4, -0.2) is 25.1 Å². The minimum atomic E-state index is -0.359. The van der Waals surface area contributed by atoms with Gasteiger partial charge in [-0.15, -0.1) is 11.3 Å². The van der Waals surface area contributed by atoms with Crippen molar-refractivity contribution in [3.05, 3.63) is 45.3 Å². The van der Waals surface area contributed by atoms with Crippen LogP contribution in [-0.2, 0) is 27.8 Å². The fourth-order valence-electron chi connectivity index (χ4n) is 3.75. The Balaban J connectivity index is 1.77. The van der Waals surface area contributed by atoms with Gasteiger partial charge in [0.1, 0.15) is 10.8 Å². The van der Waals surface area contributed by atoms with Crippen LogP contribution >= 0.6 is 11.3 Å². The fraction of sp³-hybridized carbons (Fsp3) is 0.500. The predicted octanol–water partition coefficient (Wildman–Crippen LogP) is 5.43. The van der Waals surface area contributed by atoms with Gasteiger partial charge < -0.3 is 14.8 Å². The van der Waals surface area contributed by atoms with Crippen molar-refractivity contribution in [3.8, 4) is 5.75 Å². The molecule has 162 valence electrons. The van der Waals surface area contributed by atoms with Gasteiger partial charge in [0, 0.05) is 4.88 Å². The summed E-state index contributed by atoms with van der Waals surface area (Å²) in [7, 11) is 0. The molecule has 0 fully saturated rings. The number of nitrogens with one attached hydrogen (secondary N) is 1. The largest absolute Gasteiger partial charge is 0.483 e.